The quantitative estimate of drug-likeness (QED) is 0.186. The third-order valence-corrected chi connectivity index (χ3v) is 8.20. The third-order valence-electron chi connectivity index (χ3n) is 8.20. The van der Waals surface area contributed by atoms with E-state index in [1.54, 1.807) is 0 Å². The van der Waals surface area contributed by atoms with Gasteiger partial charge in [-0.05, 0) is 77.2 Å². The van der Waals surface area contributed by atoms with Crippen molar-refractivity contribution in [1.82, 2.24) is 0 Å². The zero-order valence-corrected chi connectivity index (χ0v) is 23.4. The number of hydrogen-bond acceptors (Lipinski definition) is 0. The molecule has 0 N–H and O–H groups in total. The molecule has 0 spiro atoms. The first-order chi connectivity index (χ1) is 20.8. The first-order valence-electron chi connectivity index (χ1n) is 14.4. The molecule has 0 heteroatoms. The van der Waals surface area contributed by atoms with Crippen molar-refractivity contribution in [2.45, 2.75) is 0 Å². The van der Waals surface area contributed by atoms with Gasteiger partial charge >= 0.3 is 0 Å². The highest BCUT2D eigenvalue weighted by molar-refractivity contribution is 6.29. The van der Waals surface area contributed by atoms with Crippen LogP contribution in [0.1, 0.15) is 11.1 Å². The van der Waals surface area contributed by atoms with E-state index < -0.39 is 0 Å². The van der Waals surface area contributed by atoms with Crippen LogP contribution in [0, 0.1) is 0 Å². The van der Waals surface area contributed by atoms with E-state index in [4.69, 9.17) is 0 Å². The topological polar surface area (TPSA) is 0 Å². The Morgan fingerprint density at radius 1 is 0.310 bits per heavy atom. The van der Waals surface area contributed by atoms with Crippen molar-refractivity contribution in [2.75, 3.05) is 0 Å². The van der Waals surface area contributed by atoms with Crippen LogP contribution >= 0.6 is 0 Å². The lowest BCUT2D eigenvalue weighted by molar-refractivity contribution is 1.57. The van der Waals surface area contributed by atoms with Gasteiger partial charge in [-0.1, -0.05) is 171 Å². The summed E-state index contributed by atoms with van der Waals surface area (Å²) in [7, 11) is 0. The fourth-order valence-electron chi connectivity index (χ4n) is 6.52. The molecule has 0 radical (unpaired) electrons. The molecule has 0 amide bonds. The monoisotopic (exact) mass is 534 g/mol. The van der Waals surface area contributed by atoms with Gasteiger partial charge in [0.15, 0.2) is 0 Å². The maximum Gasteiger partial charge on any atom is -0.000139 e. The van der Waals surface area contributed by atoms with Crippen molar-refractivity contribution in [1.29, 1.82) is 0 Å². The van der Waals surface area contributed by atoms with E-state index in [9.17, 15) is 0 Å². The van der Waals surface area contributed by atoms with E-state index in [0.717, 1.165) is 22.3 Å². The van der Waals surface area contributed by atoms with Crippen molar-refractivity contribution in [2.24, 2.45) is 0 Å². The van der Waals surface area contributed by atoms with E-state index in [1.165, 1.54) is 54.9 Å². The average molecular weight is 535 g/mol. The van der Waals surface area contributed by atoms with Crippen molar-refractivity contribution in [3.8, 4) is 44.5 Å². The van der Waals surface area contributed by atoms with E-state index in [0.29, 0.717) is 0 Å². The number of hydrogen-bond donors (Lipinski definition) is 0. The van der Waals surface area contributed by atoms with Crippen molar-refractivity contribution >= 4 is 33.7 Å². The summed E-state index contributed by atoms with van der Waals surface area (Å²) in [5.74, 6) is 0. The molecular weight excluding hydrogens is 504 g/mol. The molecule has 0 atom stereocenters. The van der Waals surface area contributed by atoms with Crippen LogP contribution in [-0.4, -0.2) is 0 Å². The van der Waals surface area contributed by atoms with Gasteiger partial charge in [-0.3, -0.25) is 0 Å². The summed E-state index contributed by atoms with van der Waals surface area (Å²) >= 11 is 0. The molecule has 0 nitrogen and oxygen atoms in total. The molecule has 0 aromatic heterocycles. The van der Waals surface area contributed by atoms with Crippen molar-refractivity contribution in [3.63, 3.8) is 0 Å². The molecule has 7 rings (SSSR count). The van der Waals surface area contributed by atoms with E-state index in [-0.39, 0.29) is 0 Å². The molecule has 0 fully saturated rings. The maximum atomic E-state index is 4.36. The average Bonchev–Trinajstić information content (AvgIpc) is 3.07. The van der Waals surface area contributed by atoms with Crippen LogP contribution in [0.5, 0.6) is 0 Å². The maximum absolute atomic E-state index is 4.36. The largest absolute Gasteiger partial charge is 0.0984 e. The minimum absolute atomic E-state index is 1.09. The van der Waals surface area contributed by atoms with Crippen LogP contribution in [-0.2, 0) is 0 Å². The molecule has 0 heterocycles. The van der Waals surface area contributed by atoms with Gasteiger partial charge in [0.05, 0.1) is 0 Å². The molecule has 0 aliphatic carbocycles. The first-order valence-corrected chi connectivity index (χ1v) is 14.4. The SMILES string of the molecule is C=Cc1c(C=C)c(-c2ccccc2)c2c(-c3ccccc3)c3ccccc3c(-c3ccccc3)c2c1-c1ccccc1. The zero-order valence-electron chi connectivity index (χ0n) is 23.4. The minimum atomic E-state index is 1.09. The van der Waals surface area contributed by atoms with Crippen LogP contribution in [0.4, 0.5) is 0 Å². The van der Waals surface area contributed by atoms with Crippen molar-refractivity contribution < 1.29 is 0 Å². The highest BCUT2D eigenvalue weighted by Gasteiger charge is 2.26. The van der Waals surface area contributed by atoms with Crippen LogP contribution in [0.25, 0.3) is 78.2 Å². The van der Waals surface area contributed by atoms with Gasteiger partial charge in [0, 0.05) is 0 Å². The van der Waals surface area contributed by atoms with Gasteiger partial charge in [-0.25, -0.2) is 0 Å². The Morgan fingerprint density at radius 3 is 0.857 bits per heavy atom. The van der Waals surface area contributed by atoms with Gasteiger partial charge in [-0.2, -0.15) is 0 Å². The first kappa shape index (κ1) is 25.5. The smallest absolute Gasteiger partial charge is 0.000139 e. The molecule has 198 valence electrons. The van der Waals surface area contributed by atoms with Crippen LogP contribution in [0.3, 0.4) is 0 Å². The van der Waals surface area contributed by atoms with E-state index in [2.05, 4.69) is 159 Å². The Balaban J connectivity index is 1.90. The lowest BCUT2D eigenvalue weighted by Crippen LogP contribution is -2.00. The number of rotatable bonds is 6. The van der Waals surface area contributed by atoms with E-state index >= 15 is 0 Å². The zero-order chi connectivity index (χ0) is 28.5. The summed E-state index contributed by atoms with van der Waals surface area (Å²) in [4.78, 5) is 0. The summed E-state index contributed by atoms with van der Waals surface area (Å²) < 4.78 is 0. The molecule has 7 aromatic rings. The summed E-state index contributed by atoms with van der Waals surface area (Å²) in [6.45, 7) is 8.73. The minimum Gasteiger partial charge on any atom is -0.0984 e. The summed E-state index contributed by atoms with van der Waals surface area (Å²) in [5, 5.41) is 4.91. The Morgan fingerprint density at radius 2 is 0.571 bits per heavy atom. The lowest BCUT2D eigenvalue weighted by atomic mass is 9.76. The number of benzene rings is 7. The van der Waals surface area contributed by atoms with E-state index in [1.807, 2.05) is 12.2 Å². The second-order valence-corrected chi connectivity index (χ2v) is 10.5. The van der Waals surface area contributed by atoms with Gasteiger partial charge in [0.1, 0.15) is 0 Å². The van der Waals surface area contributed by atoms with Crippen LogP contribution in [0.2, 0.25) is 0 Å². The molecule has 0 saturated carbocycles. The second kappa shape index (κ2) is 10.8. The number of fused-ring (bicyclic) bond motifs is 2. The summed E-state index contributed by atoms with van der Waals surface area (Å²) in [6.07, 6.45) is 4.02. The summed E-state index contributed by atoms with van der Waals surface area (Å²) in [6, 6.07) is 52.0. The van der Waals surface area contributed by atoms with Gasteiger partial charge in [0.25, 0.3) is 0 Å². The third kappa shape index (κ3) is 4.08. The standard InChI is InChI=1S/C42H30/c1-3-33-34(4-2)38(30-21-11-6-12-22-30)42-40(32-25-15-8-16-26-32)36-28-18-17-27-35(36)39(31-23-13-7-14-24-31)41(42)37(33)29-19-9-5-10-20-29/h3-28H,1-2H2. The van der Waals surface area contributed by atoms with Gasteiger partial charge in [-0.15, -0.1) is 0 Å². The lowest BCUT2D eigenvalue weighted by Gasteiger charge is -2.26. The fourth-order valence-corrected chi connectivity index (χ4v) is 6.52. The second-order valence-electron chi connectivity index (χ2n) is 10.5. The normalized spacial score (nSPS) is 11.0. The predicted molar refractivity (Wildman–Crippen MR) is 183 cm³/mol. The molecule has 0 aliphatic rings. The Hall–Kier alpha value is -5.46. The molecule has 0 aliphatic heterocycles. The highest BCUT2D eigenvalue weighted by Crippen LogP contribution is 2.53. The molecule has 42 heavy (non-hydrogen) atoms. The fraction of sp³-hybridized carbons (Fsp3) is 0. The predicted octanol–water partition coefficient (Wildman–Crippen LogP) is 11.9. The summed E-state index contributed by atoms with van der Waals surface area (Å²) in [5.41, 5.74) is 11.7. The molecule has 0 saturated heterocycles. The van der Waals surface area contributed by atoms with Crippen LogP contribution in [0.15, 0.2) is 159 Å². The molecule has 0 unspecified atom stereocenters. The van der Waals surface area contributed by atoms with Crippen LogP contribution < -0.4 is 0 Å². The Labute approximate surface area is 247 Å². The van der Waals surface area contributed by atoms with Gasteiger partial charge < -0.3 is 0 Å². The Bertz CT molecular complexity index is 1920. The van der Waals surface area contributed by atoms with Gasteiger partial charge in [0.2, 0.25) is 0 Å². The molecule has 7 aromatic carbocycles. The highest BCUT2D eigenvalue weighted by atomic mass is 14.3. The Kier molecular flexibility index (Phi) is 6.58. The molecule has 0 bridgehead atoms. The molecular formula is C42H30. The van der Waals surface area contributed by atoms with Crippen molar-refractivity contribution in [3.05, 3.63) is 170 Å².